The molecule has 1 atom stereocenters. The third-order valence-electron chi connectivity index (χ3n) is 5.12. The van der Waals surface area contributed by atoms with Crippen molar-refractivity contribution in [3.63, 3.8) is 0 Å². The van der Waals surface area contributed by atoms with Crippen LogP contribution < -0.4 is 5.32 Å². The Balaban J connectivity index is 1.44. The molecular weight excluding hydrogens is 416 g/mol. The third-order valence-corrected chi connectivity index (χ3v) is 7.26. The molecule has 0 radical (unpaired) electrons. The summed E-state index contributed by atoms with van der Waals surface area (Å²) in [7, 11) is 0. The summed E-state index contributed by atoms with van der Waals surface area (Å²) in [4.78, 5) is 14.0. The highest BCUT2D eigenvalue weighted by atomic mass is 32.2. The number of aryl methyl sites for hydroxylation is 2. The number of carbonyl (C=O) groups excluding carboxylic acids is 1. The largest absolute Gasteiger partial charge is 0.411 e. The van der Waals surface area contributed by atoms with Crippen molar-refractivity contribution in [2.75, 3.05) is 5.32 Å². The van der Waals surface area contributed by atoms with Crippen LogP contribution in [0.5, 0.6) is 0 Å². The number of benzene rings is 1. The monoisotopic (exact) mass is 438 g/mol. The van der Waals surface area contributed by atoms with E-state index in [0.717, 1.165) is 42.4 Å². The molecule has 1 aliphatic rings. The van der Waals surface area contributed by atoms with Gasteiger partial charge in [-0.3, -0.25) is 4.79 Å². The maximum Gasteiger partial charge on any atom is 0.277 e. The molecule has 0 fully saturated rings. The van der Waals surface area contributed by atoms with Crippen LogP contribution in [0.1, 0.15) is 47.8 Å². The molecule has 2 heterocycles. The van der Waals surface area contributed by atoms with Crippen molar-refractivity contribution >= 4 is 34.0 Å². The SMILES string of the molecule is Cc1ccc(-c2nnc(SC(C)C(=O)Nc3sc4c(c3C#N)CCCCC4)o2)cc1. The lowest BCUT2D eigenvalue weighted by Crippen LogP contribution is -2.22. The van der Waals surface area contributed by atoms with Gasteiger partial charge in [0.05, 0.1) is 10.8 Å². The molecule has 0 saturated carbocycles. The molecule has 1 amide bonds. The number of nitrogens with one attached hydrogen (secondary N) is 1. The molecule has 1 aromatic carbocycles. The van der Waals surface area contributed by atoms with E-state index in [1.54, 1.807) is 6.92 Å². The maximum atomic E-state index is 12.8. The second-order valence-corrected chi connectivity index (χ2v) is 9.77. The van der Waals surface area contributed by atoms with E-state index in [9.17, 15) is 10.1 Å². The molecule has 0 bridgehead atoms. The number of aromatic nitrogens is 2. The zero-order valence-electron chi connectivity index (χ0n) is 16.9. The number of fused-ring (bicyclic) bond motifs is 1. The Kier molecular flexibility index (Phi) is 6.21. The van der Waals surface area contributed by atoms with Gasteiger partial charge in [-0.25, -0.2) is 0 Å². The van der Waals surface area contributed by atoms with Crippen LogP contribution in [-0.2, 0) is 17.6 Å². The fourth-order valence-electron chi connectivity index (χ4n) is 3.44. The first kappa shape index (κ1) is 20.6. The Labute approximate surface area is 183 Å². The molecule has 0 saturated heterocycles. The van der Waals surface area contributed by atoms with E-state index in [0.29, 0.717) is 21.7 Å². The van der Waals surface area contributed by atoms with Crippen molar-refractivity contribution in [3.8, 4) is 17.5 Å². The number of thiophene rings is 1. The molecule has 30 heavy (non-hydrogen) atoms. The average Bonchev–Trinajstić information content (AvgIpc) is 3.25. The minimum atomic E-state index is -0.440. The molecular formula is C22H22N4O2S2. The van der Waals surface area contributed by atoms with Crippen molar-refractivity contribution in [1.82, 2.24) is 10.2 Å². The van der Waals surface area contributed by atoms with E-state index in [1.807, 2.05) is 31.2 Å². The first-order valence-electron chi connectivity index (χ1n) is 9.98. The molecule has 154 valence electrons. The van der Waals surface area contributed by atoms with E-state index < -0.39 is 5.25 Å². The molecule has 1 aliphatic carbocycles. The molecule has 2 aromatic heterocycles. The molecule has 0 aliphatic heterocycles. The number of anilines is 1. The van der Waals surface area contributed by atoms with Gasteiger partial charge < -0.3 is 9.73 Å². The number of hydrogen-bond acceptors (Lipinski definition) is 7. The summed E-state index contributed by atoms with van der Waals surface area (Å²) in [5.74, 6) is 0.252. The van der Waals surface area contributed by atoms with Gasteiger partial charge in [0.25, 0.3) is 5.22 Å². The topological polar surface area (TPSA) is 91.8 Å². The lowest BCUT2D eigenvalue weighted by atomic mass is 10.1. The van der Waals surface area contributed by atoms with Crippen molar-refractivity contribution in [2.24, 2.45) is 0 Å². The van der Waals surface area contributed by atoms with Gasteiger partial charge >= 0.3 is 0 Å². The number of rotatable bonds is 5. The highest BCUT2D eigenvalue weighted by Crippen LogP contribution is 2.37. The molecule has 8 heteroatoms. The number of amides is 1. The normalized spacial score (nSPS) is 14.4. The smallest absolute Gasteiger partial charge is 0.277 e. The van der Waals surface area contributed by atoms with Gasteiger partial charge in [0.15, 0.2) is 0 Å². The van der Waals surface area contributed by atoms with Crippen LogP contribution in [-0.4, -0.2) is 21.4 Å². The Bertz CT molecular complexity index is 1100. The number of hydrogen-bond donors (Lipinski definition) is 1. The van der Waals surface area contributed by atoms with Crippen molar-refractivity contribution < 1.29 is 9.21 Å². The number of nitriles is 1. The van der Waals surface area contributed by atoms with Crippen LogP contribution in [0, 0.1) is 18.3 Å². The van der Waals surface area contributed by atoms with Gasteiger partial charge in [-0.15, -0.1) is 21.5 Å². The quantitative estimate of drug-likeness (QED) is 0.425. The summed E-state index contributed by atoms with van der Waals surface area (Å²) in [6.45, 7) is 3.81. The number of nitrogens with zero attached hydrogens (tertiary/aromatic N) is 3. The fourth-order valence-corrected chi connectivity index (χ4v) is 5.36. The van der Waals surface area contributed by atoms with Crippen LogP contribution in [0.4, 0.5) is 5.00 Å². The van der Waals surface area contributed by atoms with Gasteiger partial charge in [-0.05, 0) is 57.2 Å². The number of carbonyl (C=O) groups is 1. The van der Waals surface area contributed by atoms with Gasteiger partial charge in [0.2, 0.25) is 11.8 Å². The molecule has 0 spiro atoms. The average molecular weight is 439 g/mol. The van der Waals surface area contributed by atoms with Gasteiger partial charge in [0.1, 0.15) is 11.1 Å². The van der Waals surface area contributed by atoms with E-state index in [4.69, 9.17) is 4.42 Å². The van der Waals surface area contributed by atoms with E-state index >= 15 is 0 Å². The van der Waals surface area contributed by atoms with Gasteiger partial charge in [0, 0.05) is 10.4 Å². The summed E-state index contributed by atoms with van der Waals surface area (Å²) < 4.78 is 5.72. The second kappa shape index (κ2) is 9.02. The van der Waals surface area contributed by atoms with Crippen LogP contribution in [0.25, 0.3) is 11.5 Å². The molecule has 3 aromatic rings. The van der Waals surface area contributed by atoms with Crippen molar-refractivity contribution in [2.45, 2.75) is 56.4 Å². The first-order valence-corrected chi connectivity index (χ1v) is 11.7. The zero-order valence-corrected chi connectivity index (χ0v) is 18.5. The van der Waals surface area contributed by atoms with Crippen molar-refractivity contribution in [3.05, 3.63) is 45.8 Å². The summed E-state index contributed by atoms with van der Waals surface area (Å²) in [6, 6.07) is 10.1. The van der Waals surface area contributed by atoms with Crippen LogP contribution in [0.3, 0.4) is 0 Å². The van der Waals surface area contributed by atoms with E-state index in [-0.39, 0.29) is 5.91 Å². The lowest BCUT2D eigenvalue weighted by molar-refractivity contribution is -0.115. The predicted molar refractivity (Wildman–Crippen MR) is 119 cm³/mol. The van der Waals surface area contributed by atoms with Gasteiger partial charge in [-0.1, -0.05) is 35.9 Å². The Morgan fingerprint density at radius 2 is 2.00 bits per heavy atom. The van der Waals surface area contributed by atoms with E-state index in [1.165, 1.54) is 34.4 Å². The highest BCUT2D eigenvalue weighted by Gasteiger charge is 2.24. The summed E-state index contributed by atoms with van der Waals surface area (Å²) in [5.41, 5.74) is 3.74. The van der Waals surface area contributed by atoms with Crippen LogP contribution in [0.2, 0.25) is 0 Å². The van der Waals surface area contributed by atoms with Crippen LogP contribution in [0.15, 0.2) is 33.9 Å². The second-order valence-electron chi connectivity index (χ2n) is 7.37. The third kappa shape index (κ3) is 4.42. The minimum absolute atomic E-state index is 0.178. The Morgan fingerprint density at radius 1 is 1.23 bits per heavy atom. The Morgan fingerprint density at radius 3 is 2.77 bits per heavy atom. The predicted octanol–water partition coefficient (Wildman–Crippen LogP) is 5.37. The summed E-state index contributed by atoms with van der Waals surface area (Å²) >= 11 is 2.75. The Hall–Kier alpha value is -2.63. The van der Waals surface area contributed by atoms with Gasteiger partial charge in [-0.2, -0.15) is 5.26 Å². The molecule has 4 rings (SSSR count). The number of thioether (sulfide) groups is 1. The maximum absolute atomic E-state index is 12.8. The lowest BCUT2D eigenvalue weighted by Gasteiger charge is -2.09. The van der Waals surface area contributed by atoms with Crippen LogP contribution >= 0.6 is 23.1 Å². The standard InChI is InChI=1S/C22H22N4O2S2/c1-13-8-10-15(11-9-13)20-25-26-22(28-20)29-14(2)19(27)24-21-17(12-23)16-6-4-3-5-7-18(16)30-21/h8-11,14H,3-7H2,1-2H3,(H,24,27). The molecule has 1 unspecified atom stereocenters. The first-order chi connectivity index (χ1) is 14.5. The highest BCUT2D eigenvalue weighted by molar-refractivity contribution is 8.00. The fraction of sp³-hybridized carbons (Fsp3) is 0.364. The van der Waals surface area contributed by atoms with E-state index in [2.05, 4.69) is 21.6 Å². The molecule has 1 N–H and O–H groups in total. The van der Waals surface area contributed by atoms with Crippen molar-refractivity contribution in [1.29, 1.82) is 5.26 Å². The molecule has 6 nitrogen and oxygen atoms in total. The minimum Gasteiger partial charge on any atom is -0.411 e. The zero-order chi connectivity index (χ0) is 21.1. The summed E-state index contributed by atoms with van der Waals surface area (Å²) in [6.07, 6.45) is 5.32. The summed E-state index contributed by atoms with van der Waals surface area (Å²) in [5, 5.41) is 21.3.